The molecule has 0 spiro atoms. The third-order valence-electron chi connectivity index (χ3n) is 2.77. The Labute approximate surface area is 101 Å². The van der Waals surface area contributed by atoms with Gasteiger partial charge in [0.2, 0.25) is 0 Å². The molecule has 1 heterocycles. The maximum absolute atomic E-state index is 5.90. The van der Waals surface area contributed by atoms with Gasteiger partial charge in [0.25, 0.3) is 0 Å². The van der Waals surface area contributed by atoms with Crippen LogP contribution in [0.3, 0.4) is 0 Å². The fraction of sp³-hybridized carbons (Fsp3) is 0.385. The lowest BCUT2D eigenvalue weighted by Crippen LogP contribution is -2.37. The largest absolute Gasteiger partial charge is 0.379 e. The number of rotatable bonds is 3. The molecule has 0 atom stereocenters. The highest BCUT2D eigenvalue weighted by Crippen LogP contribution is 2.17. The second-order valence-corrected chi connectivity index (χ2v) is 4.11. The SMILES string of the molecule is Cl/C=C(\CN1CCOCC1)c1ccccc1. The molecule has 1 fully saturated rings. The van der Waals surface area contributed by atoms with Gasteiger partial charge in [-0.1, -0.05) is 41.9 Å². The highest BCUT2D eigenvalue weighted by Gasteiger charge is 2.12. The number of ether oxygens (including phenoxy) is 1. The Kier molecular flexibility index (Phi) is 4.40. The van der Waals surface area contributed by atoms with Crippen molar-refractivity contribution in [1.29, 1.82) is 0 Å². The van der Waals surface area contributed by atoms with Crippen molar-refractivity contribution in [2.24, 2.45) is 0 Å². The Hall–Kier alpha value is -0.830. The monoisotopic (exact) mass is 237 g/mol. The minimum Gasteiger partial charge on any atom is -0.379 e. The summed E-state index contributed by atoms with van der Waals surface area (Å²) in [7, 11) is 0. The molecule has 0 unspecified atom stereocenters. The number of morpholine rings is 1. The standard InChI is InChI=1S/C13H16ClNO/c14-10-13(12-4-2-1-3-5-12)11-15-6-8-16-9-7-15/h1-5,10H,6-9,11H2/b13-10+. The molecule has 0 radical (unpaired) electrons. The van der Waals surface area contributed by atoms with E-state index in [0.29, 0.717) is 0 Å². The summed E-state index contributed by atoms with van der Waals surface area (Å²) in [5.74, 6) is 0. The van der Waals surface area contributed by atoms with Gasteiger partial charge in [-0.25, -0.2) is 0 Å². The highest BCUT2D eigenvalue weighted by molar-refractivity contribution is 6.28. The molecular formula is C13H16ClNO. The van der Waals surface area contributed by atoms with Crippen LogP contribution in [0, 0.1) is 0 Å². The van der Waals surface area contributed by atoms with E-state index < -0.39 is 0 Å². The van der Waals surface area contributed by atoms with Gasteiger partial charge in [0.15, 0.2) is 0 Å². The van der Waals surface area contributed by atoms with Gasteiger partial charge >= 0.3 is 0 Å². The van der Waals surface area contributed by atoms with Crippen molar-refractivity contribution in [3.8, 4) is 0 Å². The van der Waals surface area contributed by atoms with Gasteiger partial charge in [-0.05, 0) is 11.1 Å². The summed E-state index contributed by atoms with van der Waals surface area (Å²) < 4.78 is 5.33. The first-order valence-corrected chi connectivity index (χ1v) is 5.98. The molecule has 0 aromatic heterocycles. The molecule has 0 saturated carbocycles. The molecule has 1 aliphatic rings. The van der Waals surface area contributed by atoms with Crippen LogP contribution in [0.1, 0.15) is 5.56 Å². The molecule has 86 valence electrons. The van der Waals surface area contributed by atoms with Gasteiger partial charge in [0.05, 0.1) is 13.2 Å². The minimum absolute atomic E-state index is 0.824. The van der Waals surface area contributed by atoms with Crippen LogP contribution in [0.4, 0.5) is 0 Å². The van der Waals surface area contributed by atoms with Crippen LogP contribution in [0.5, 0.6) is 0 Å². The first-order chi connectivity index (χ1) is 7.90. The normalized spacial score (nSPS) is 18.7. The summed E-state index contributed by atoms with van der Waals surface area (Å²) in [6, 6.07) is 10.3. The summed E-state index contributed by atoms with van der Waals surface area (Å²) >= 11 is 5.90. The number of hydrogen-bond acceptors (Lipinski definition) is 2. The zero-order valence-electron chi connectivity index (χ0n) is 9.23. The predicted octanol–water partition coefficient (Wildman–Crippen LogP) is 2.60. The number of nitrogens with zero attached hydrogens (tertiary/aromatic N) is 1. The quantitative estimate of drug-likeness (QED) is 0.801. The molecule has 1 saturated heterocycles. The van der Waals surface area contributed by atoms with Crippen LogP contribution in [0.15, 0.2) is 35.9 Å². The molecule has 2 nitrogen and oxygen atoms in total. The Morgan fingerprint density at radius 1 is 1.25 bits per heavy atom. The van der Waals surface area contributed by atoms with E-state index >= 15 is 0 Å². The summed E-state index contributed by atoms with van der Waals surface area (Å²) in [5.41, 5.74) is 4.05. The summed E-state index contributed by atoms with van der Waals surface area (Å²) in [6.07, 6.45) is 0. The number of hydrogen-bond donors (Lipinski definition) is 0. The van der Waals surface area contributed by atoms with E-state index in [4.69, 9.17) is 16.3 Å². The van der Waals surface area contributed by atoms with E-state index in [9.17, 15) is 0 Å². The fourth-order valence-corrected chi connectivity index (χ4v) is 2.04. The second kappa shape index (κ2) is 6.04. The first-order valence-electron chi connectivity index (χ1n) is 5.55. The highest BCUT2D eigenvalue weighted by atomic mass is 35.5. The summed E-state index contributed by atoms with van der Waals surface area (Å²) in [4.78, 5) is 2.37. The molecule has 0 N–H and O–H groups in total. The van der Waals surface area contributed by atoms with Crippen LogP contribution in [-0.4, -0.2) is 37.7 Å². The number of benzene rings is 1. The van der Waals surface area contributed by atoms with Crippen molar-refractivity contribution in [3.63, 3.8) is 0 Å². The molecule has 3 heteroatoms. The van der Waals surface area contributed by atoms with E-state index in [0.717, 1.165) is 32.8 Å². The van der Waals surface area contributed by atoms with Crippen molar-refractivity contribution >= 4 is 17.2 Å². The minimum atomic E-state index is 0.824. The van der Waals surface area contributed by atoms with Gasteiger partial charge in [-0.2, -0.15) is 0 Å². The zero-order valence-corrected chi connectivity index (χ0v) is 9.99. The van der Waals surface area contributed by atoms with E-state index in [2.05, 4.69) is 17.0 Å². The average molecular weight is 238 g/mol. The van der Waals surface area contributed by atoms with Gasteiger partial charge in [-0.3, -0.25) is 4.90 Å². The van der Waals surface area contributed by atoms with E-state index in [1.807, 2.05) is 18.2 Å². The first kappa shape index (κ1) is 11.6. The molecule has 1 aliphatic heterocycles. The molecule has 16 heavy (non-hydrogen) atoms. The fourth-order valence-electron chi connectivity index (χ4n) is 1.84. The summed E-state index contributed by atoms with van der Waals surface area (Å²) in [5, 5.41) is 0. The van der Waals surface area contributed by atoms with Crippen molar-refractivity contribution < 1.29 is 4.74 Å². The molecule has 2 rings (SSSR count). The lowest BCUT2D eigenvalue weighted by atomic mass is 10.1. The maximum Gasteiger partial charge on any atom is 0.0594 e. The molecular weight excluding hydrogens is 222 g/mol. The van der Waals surface area contributed by atoms with Crippen LogP contribution < -0.4 is 0 Å². The number of halogens is 1. The lowest BCUT2D eigenvalue weighted by molar-refractivity contribution is 0.0444. The van der Waals surface area contributed by atoms with Crippen molar-refractivity contribution in [1.82, 2.24) is 4.90 Å². The van der Waals surface area contributed by atoms with Gasteiger partial charge in [0, 0.05) is 25.2 Å². The van der Waals surface area contributed by atoms with Crippen LogP contribution in [0.25, 0.3) is 5.57 Å². The Bertz CT molecular complexity index is 344. The molecule has 0 bridgehead atoms. The maximum atomic E-state index is 5.90. The van der Waals surface area contributed by atoms with Crippen LogP contribution in [0.2, 0.25) is 0 Å². The average Bonchev–Trinajstić information content (AvgIpc) is 2.38. The third-order valence-corrected chi connectivity index (χ3v) is 3.04. The summed E-state index contributed by atoms with van der Waals surface area (Å²) in [6.45, 7) is 4.52. The predicted molar refractivity (Wildman–Crippen MR) is 67.5 cm³/mol. The molecule has 1 aromatic rings. The Balaban J connectivity index is 2.01. The van der Waals surface area contributed by atoms with Gasteiger partial charge in [0.1, 0.15) is 0 Å². The second-order valence-electron chi connectivity index (χ2n) is 3.89. The van der Waals surface area contributed by atoms with Crippen molar-refractivity contribution in [2.45, 2.75) is 0 Å². The Morgan fingerprint density at radius 3 is 2.56 bits per heavy atom. The van der Waals surface area contributed by atoms with Crippen molar-refractivity contribution in [3.05, 3.63) is 41.4 Å². The Morgan fingerprint density at radius 2 is 1.94 bits per heavy atom. The zero-order chi connectivity index (χ0) is 11.2. The van der Waals surface area contributed by atoms with E-state index in [1.165, 1.54) is 11.1 Å². The molecule has 0 amide bonds. The third kappa shape index (κ3) is 3.08. The molecule has 0 aliphatic carbocycles. The van der Waals surface area contributed by atoms with Crippen LogP contribution in [-0.2, 0) is 4.74 Å². The van der Waals surface area contributed by atoms with Crippen molar-refractivity contribution in [2.75, 3.05) is 32.8 Å². The van der Waals surface area contributed by atoms with E-state index in [1.54, 1.807) is 5.54 Å². The van der Waals surface area contributed by atoms with Gasteiger partial charge in [-0.15, -0.1) is 0 Å². The van der Waals surface area contributed by atoms with E-state index in [-0.39, 0.29) is 0 Å². The van der Waals surface area contributed by atoms with Crippen LogP contribution >= 0.6 is 11.6 Å². The van der Waals surface area contributed by atoms with Gasteiger partial charge < -0.3 is 4.74 Å². The smallest absolute Gasteiger partial charge is 0.0594 e. The molecule has 1 aromatic carbocycles. The lowest BCUT2D eigenvalue weighted by Gasteiger charge is -2.27. The topological polar surface area (TPSA) is 12.5 Å².